The molecule has 0 atom stereocenters. The first kappa shape index (κ1) is 15.0. The van der Waals surface area contributed by atoms with E-state index in [2.05, 4.69) is 10.1 Å². The van der Waals surface area contributed by atoms with Gasteiger partial charge in [-0.3, -0.25) is 5.32 Å². The highest BCUT2D eigenvalue weighted by Crippen LogP contribution is 2.49. The zero-order valence-corrected chi connectivity index (χ0v) is 13.2. The molecule has 0 aliphatic heterocycles. The number of nitrogens with one attached hydrogen (secondary N) is 1. The smallest absolute Gasteiger partial charge is 0.412 e. The van der Waals surface area contributed by atoms with Gasteiger partial charge in [0.15, 0.2) is 11.5 Å². The highest BCUT2D eigenvalue weighted by atomic mass is 35.5. The van der Waals surface area contributed by atoms with Gasteiger partial charge >= 0.3 is 6.09 Å². The van der Waals surface area contributed by atoms with Crippen LogP contribution in [0.1, 0.15) is 0 Å². The average Bonchev–Trinajstić information content (AvgIpc) is 2.76. The van der Waals surface area contributed by atoms with Gasteiger partial charge in [0.2, 0.25) is 0 Å². The highest BCUT2D eigenvalue weighted by molar-refractivity contribution is 7.24. The maximum absolute atomic E-state index is 11.3. The molecule has 0 fully saturated rings. The summed E-state index contributed by atoms with van der Waals surface area (Å²) in [5, 5.41) is 4.41. The van der Waals surface area contributed by atoms with Gasteiger partial charge in [-0.05, 0) is 6.07 Å². The number of anilines is 1. The first-order chi connectivity index (χ1) is 9.53. The van der Waals surface area contributed by atoms with Gasteiger partial charge < -0.3 is 14.2 Å². The monoisotopic (exact) mass is 335 g/mol. The van der Waals surface area contributed by atoms with Gasteiger partial charge in [-0.1, -0.05) is 23.2 Å². The zero-order valence-electron chi connectivity index (χ0n) is 10.9. The van der Waals surface area contributed by atoms with Crippen LogP contribution >= 0.6 is 34.5 Å². The van der Waals surface area contributed by atoms with E-state index >= 15 is 0 Å². The Kier molecular flexibility index (Phi) is 4.47. The minimum atomic E-state index is -0.603. The summed E-state index contributed by atoms with van der Waals surface area (Å²) < 4.78 is 15.7. The molecule has 1 amide bonds. The number of amides is 1. The summed E-state index contributed by atoms with van der Waals surface area (Å²) in [5.41, 5.74) is 0. The summed E-state index contributed by atoms with van der Waals surface area (Å²) in [6.07, 6.45) is -0.603. The van der Waals surface area contributed by atoms with Gasteiger partial charge in [0.1, 0.15) is 10.0 Å². The Morgan fingerprint density at radius 2 is 1.90 bits per heavy atom. The number of carbonyl (C=O) groups is 1. The molecule has 0 aliphatic rings. The predicted octanol–water partition coefficient (Wildman–Crippen LogP) is 4.40. The molecule has 1 aromatic heterocycles. The molecule has 2 aromatic rings. The van der Waals surface area contributed by atoms with Gasteiger partial charge in [0.25, 0.3) is 0 Å². The number of thiophene rings is 1. The molecule has 5 nitrogen and oxygen atoms in total. The van der Waals surface area contributed by atoms with Crippen molar-refractivity contribution in [1.82, 2.24) is 0 Å². The zero-order chi connectivity index (χ0) is 14.9. The number of methoxy groups -OCH3 is 3. The van der Waals surface area contributed by atoms with Crippen molar-refractivity contribution in [2.24, 2.45) is 0 Å². The Bertz CT molecular complexity index is 671. The van der Waals surface area contributed by atoms with Gasteiger partial charge in [0, 0.05) is 5.39 Å². The van der Waals surface area contributed by atoms with Gasteiger partial charge in [-0.2, -0.15) is 0 Å². The molecule has 108 valence electrons. The predicted molar refractivity (Wildman–Crippen MR) is 81.0 cm³/mol. The number of hydrogen-bond acceptors (Lipinski definition) is 5. The van der Waals surface area contributed by atoms with E-state index in [1.54, 1.807) is 6.07 Å². The van der Waals surface area contributed by atoms with Crippen molar-refractivity contribution in [3.8, 4) is 11.5 Å². The fraction of sp³-hybridized carbons (Fsp3) is 0.250. The van der Waals surface area contributed by atoms with Crippen LogP contribution in [-0.4, -0.2) is 27.4 Å². The molecule has 0 unspecified atom stereocenters. The standard InChI is InChI=1S/C12H11Cl2NO4S/c1-17-6-4-5-7(13)11(15-12(16)19-3)20-10(5)8(14)9(6)18-2/h4H,1-3H3,(H,15,16). The van der Waals surface area contributed by atoms with Crippen LogP contribution in [0.2, 0.25) is 10.0 Å². The summed E-state index contributed by atoms with van der Waals surface area (Å²) in [6, 6.07) is 1.71. The maximum Gasteiger partial charge on any atom is 0.412 e. The van der Waals surface area contributed by atoms with Crippen molar-refractivity contribution in [1.29, 1.82) is 0 Å². The number of fused-ring (bicyclic) bond motifs is 1. The number of ether oxygens (including phenoxy) is 3. The molecule has 8 heteroatoms. The van der Waals surface area contributed by atoms with E-state index in [0.717, 1.165) is 0 Å². The third-order valence-corrected chi connectivity index (χ3v) is 4.72. The molecule has 1 heterocycles. The van der Waals surface area contributed by atoms with E-state index in [1.165, 1.54) is 32.7 Å². The molecule has 1 aromatic carbocycles. The number of carbonyl (C=O) groups excluding carboxylic acids is 1. The summed E-state index contributed by atoms with van der Waals surface area (Å²) in [5.74, 6) is 0.888. The second-order valence-electron chi connectivity index (χ2n) is 3.66. The molecule has 0 spiro atoms. The van der Waals surface area contributed by atoms with Crippen LogP contribution in [0.5, 0.6) is 11.5 Å². The van der Waals surface area contributed by atoms with Crippen molar-refractivity contribution in [3.05, 3.63) is 16.1 Å². The second kappa shape index (κ2) is 5.95. The largest absolute Gasteiger partial charge is 0.493 e. The Hall–Kier alpha value is -1.37. The summed E-state index contributed by atoms with van der Waals surface area (Å²) in [6.45, 7) is 0. The summed E-state index contributed by atoms with van der Waals surface area (Å²) in [7, 11) is 4.28. The number of benzene rings is 1. The summed E-state index contributed by atoms with van der Waals surface area (Å²) >= 11 is 13.8. The molecule has 0 aliphatic carbocycles. The fourth-order valence-electron chi connectivity index (χ4n) is 1.69. The quantitative estimate of drug-likeness (QED) is 0.902. The van der Waals surface area contributed by atoms with Crippen LogP contribution in [0.15, 0.2) is 6.07 Å². The van der Waals surface area contributed by atoms with Crippen LogP contribution in [0, 0.1) is 0 Å². The molecule has 1 N–H and O–H groups in total. The van der Waals surface area contributed by atoms with Crippen molar-refractivity contribution >= 4 is 55.7 Å². The van der Waals surface area contributed by atoms with Crippen LogP contribution in [0.4, 0.5) is 9.80 Å². The fourth-order valence-corrected chi connectivity index (χ4v) is 3.44. The van der Waals surface area contributed by atoms with Gasteiger partial charge in [-0.25, -0.2) is 4.79 Å². The topological polar surface area (TPSA) is 56.8 Å². The molecular formula is C12H11Cl2NO4S. The van der Waals surface area contributed by atoms with Gasteiger partial charge in [-0.15, -0.1) is 11.3 Å². The van der Waals surface area contributed by atoms with Crippen molar-refractivity contribution < 1.29 is 19.0 Å². The van der Waals surface area contributed by atoms with E-state index in [0.29, 0.717) is 36.6 Å². The average molecular weight is 336 g/mol. The Morgan fingerprint density at radius 1 is 1.20 bits per heavy atom. The van der Waals surface area contributed by atoms with E-state index in [9.17, 15) is 4.79 Å². The van der Waals surface area contributed by atoms with E-state index < -0.39 is 6.09 Å². The first-order valence-electron chi connectivity index (χ1n) is 5.40. The minimum Gasteiger partial charge on any atom is -0.493 e. The van der Waals surface area contributed by atoms with E-state index in [-0.39, 0.29) is 0 Å². The molecule has 0 radical (unpaired) electrons. The van der Waals surface area contributed by atoms with Crippen LogP contribution in [0.3, 0.4) is 0 Å². The molecule has 2 rings (SSSR count). The SMILES string of the molecule is COC(=O)Nc1sc2c(Cl)c(OC)c(OC)cc2c1Cl. The van der Waals surface area contributed by atoms with Crippen molar-refractivity contribution in [2.75, 3.05) is 26.6 Å². The lowest BCUT2D eigenvalue weighted by Gasteiger charge is -2.09. The van der Waals surface area contributed by atoms with E-state index in [1.807, 2.05) is 0 Å². The lowest BCUT2D eigenvalue weighted by atomic mass is 10.2. The first-order valence-corrected chi connectivity index (χ1v) is 6.98. The Morgan fingerprint density at radius 3 is 2.45 bits per heavy atom. The summed E-state index contributed by atoms with van der Waals surface area (Å²) in [4.78, 5) is 11.3. The van der Waals surface area contributed by atoms with Crippen LogP contribution in [0.25, 0.3) is 10.1 Å². The van der Waals surface area contributed by atoms with E-state index in [4.69, 9.17) is 32.7 Å². The molecule has 0 bridgehead atoms. The number of halogens is 2. The van der Waals surface area contributed by atoms with Gasteiger partial charge in [0.05, 0.1) is 31.1 Å². The third-order valence-electron chi connectivity index (χ3n) is 2.61. The highest BCUT2D eigenvalue weighted by Gasteiger charge is 2.20. The Balaban J connectivity index is 2.64. The Labute approximate surface area is 129 Å². The molecule has 20 heavy (non-hydrogen) atoms. The normalized spacial score (nSPS) is 10.4. The number of rotatable bonds is 3. The van der Waals surface area contributed by atoms with Crippen LogP contribution in [-0.2, 0) is 4.74 Å². The molecule has 0 saturated heterocycles. The lowest BCUT2D eigenvalue weighted by Crippen LogP contribution is -2.09. The molecule has 0 saturated carbocycles. The van der Waals surface area contributed by atoms with Crippen molar-refractivity contribution in [2.45, 2.75) is 0 Å². The van der Waals surface area contributed by atoms with Crippen molar-refractivity contribution in [3.63, 3.8) is 0 Å². The maximum atomic E-state index is 11.3. The van der Waals surface area contributed by atoms with Crippen LogP contribution < -0.4 is 14.8 Å². The minimum absolute atomic E-state index is 0.373. The lowest BCUT2D eigenvalue weighted by molar-refractivity contribution is 0.187. The molecular weight excluding hydrogens is 325 g/mol. The second-order valence-corrected chi connectivity index (χ2v) is 5.44. The number of hydrogen-bond donors (Lipinski definition) is 1. The third kappa shape index (κ3) is 2.46.